The number of carbonyl (C=O) groups excluding carboxylic acids is 2. The van der Waals surface area contributed by atoms with Crippen molar-refractivity contribution in [1.82, 2.24) is 29.7 Å². The molecule has 5 rings (SSSR count). The van der Waals surface area contributed by atoms with Crippen LogP contribution in [0, 0.1) is 0 Å². The number of benzene rings is 2. The van der Waals surface area contributed by atoms with E-state index in [2.05, 4.69) is 25.6 Å². The smallest absolute Gasteiger partial charge is 0.387 e. The van der Waals surface area contributed by atoms with E-state index >= 15 is 0 Å². The van der Waals surface area contributed by atoms with E-state index in [4.69, 9.17) is 9.47 Å². The first-order chi connectivity index (χ1) is 18.8. The summed E-state index contributed by atoms with van der Waals surface area (Å²) in [6, 6.07) is 12.4. The average Bonchev–Trinajstić information content (AvgIpc) is 3.56. The first-order valence-corrected chi connectivity index (χ1v) is 11.5. The largest absolute Gasteiger partial charge is 0.457 e. The molecule has 2 N–H and O–H groups in total. The molecular weight excluding hydrogens is 512 g/mol. The van der Waals surface area contributed by atoms with Crippen LogP contribution in [0.5, 0.6) is 17.2 Å². The van der Waals surface area contributed by atoms with E-state index in [1.165, 1.54) is 46.2 Å². The van der Waals surface area contributed by atoms with Crippen LogP contribution in [0.1, 0.15) is 20.7 Å². The molecule has 0 aliphatic heterocycles. The van der Waals surface area contributed by atoms with Gasteiger partial charge >= 0.3 is 6.61 Å². The number of aromatic amines is 1. The maximum atomic E-state index is 13.2. The Morgan fingerprint density at radius 3 is 2.62 bits per heavy atom. The molecular formula is C26H21F2N7O4. The van der Waals surface area contributed by atoms with E-state index in [-0.39, 0.29) is 39.9 Å². The third-order valence-corrected chi connectivity index (χ3v) is 5.58. The van der Waals surface area contributed by atoms with Gasteiger partial charge in [0, 0.05) is 38.2 Å². The third kappa shape index (κ3) is 5.37. The zero-order valence-corrected chi connectivity index (χ0v) is 20.6. The summed E-state index contributed by atoms with van der Waals surface area (Å²) in [5, 5.41) is 13.6. The van der Waals surface area contributed by atoms with Crippen molar-refractivity contribution in [2.45, 2.75) is 6.61 Å². The van der Waals surface area contributed by atoms with Gasteiger partial charge in [0.05, 0.1) is 17.4 Å². The van der Waals surface area contributed by atoms with E-state index in [1.54, 1.807) is 50.6 Å². The Morgan fingerprint density at radius 1 is 1.10 bits per heavy atom. The van der Waals surface area contributed by atoms with Crippen molar-refractivity contribution in [2.75, 3.05) is 19.4 Å². The van der Waals surface area contributed by atoms with Crippen molar-refractivity contribution < 1.29 is 27.8 Å². The van der Waals surface area contributed by atoms with Crippen LogP contribution in [0.3, 0.4) is 0 Å². The quantitative estimate of drug-likeness (QED) is 0.301. The molecule has 0 spiro atoms. The molecule has 0 bridgehead atoms. The van der Waals surface area contributed by atoms with Gasteiger partial charge in [-0.15, -0.1) is 0 Å². The number of nitrogens with one attached hydrogen (secondary N) is 2. The number of amides is 2. The van der Waals surface area contributed by atoms with Crippen LogP contribution in [-0.4, -0.2) is 62.2 Å². The van der Waals surface area contributed by atoms with Crippen LogP contribution in [-0.2, 0) is 0 Å². The van der Waals surface area contributed by atoms with E-state index in [0.717, 1.165) is 0 Å². The highest BCUT2D eigenvalue weighted by Gasteiger charge is 2.21. The number of anilines is 1. The van der Waals surface area contributed by atoms with Crippen molar-refractivity contribution in [3.63, 3.8) is 0 Å². The topological polar surface area (TPSA) is 127 Å². The van der Waals surface area contributed by atoms with Gasteiger partial charge < -0.3 is 19.7 Å². The number of halogens is 2. The number of rotatable bonds is 8. The molecule has 0 saturated carbocycles. The highest BCUT2D eigenvalue weighted by atomic mass is 19.3. The molecule has 0 radical (unpaired) electrons. The third-order valence-electron chi connectivity index (χ3n) is 5.58. The van der Waals surface area contributed by atoms with Gasteiger partial charge in [-0.3, -0.25) is 14.7 Å². The summed E-state index contributed by atoms with van der Waals surface area (Å²) in [5.41, 5.74) is 1.52. The first kappa shape index (κ1) is 25.3. The molecule has 0 saturated heterocycles. The summed E-state index contributed by atoms with van der Waals surface area (Å²) in [6.45, 7) is -3.10. The molecule has 13 heteroatoms. The van der Waals surface area contributed by atoms with E-state index in [1.807, 2.05) is 0 Å². The maximum absolute atomic E-state index is 13.2. The standard InChI is InChI=1S/C26H21F2N7O4/c1-34(2)25(37)15-4-6-16(7-5-15)38-17-8-9-21(39-26(27)28)18(12-17)22-20(14-30-33-22)32-24(36)19-13-31-35-11-3-10-29-23(19)35/h3-14,26H,1-2H3,(H,30,33)(H,32,36). The zero-order chi connectivity index (χ0) is 27.5. The lowest BCUT2D eigenvalue weighted by atomic mass is 10.1. The fourth-order valence-corrected chi connectivity index (χ4v) is 3.78. The molecule has 0 unspecified atom stereocenters. The van der Waals surface area contributed by atoms with Crippen LogP contribution in [0.4, 0.5) is 14.5 Å². The number of carbonyl (C=O) groups is 2. The Labute approximate surface area is 220 Å². The van der Waals surface area contributed by atoms with Crippen LogP contribution >= 0.6 is 0 Å². The van der Waals surface area contributed by atoms with Gasteiger partial charge in [-0.25, -0.2) is 9.50 Å². The number of fused-ring (bicyclic) bond motifs is 1. The van der Waals surface area contributed by atoms with Crippen molar-refractivity contribution in [2.24, 2.45) is 0 Å². The van der Waals surface area contributed by atoms with Gasteiger partial charge in [0.1, 0.15) is 28.5 Å². The van der Waals surface area contributed by atoms with Crippen LogP contribution < -0.4 is 14.8 Å². The molecule has 0 fully saturated rings. The molecule has 2 amide bonds. The van der Waals surface area contributed by atoms with Crippen molar-refractivity contribution in [3.8, 4) is 28.5 Å². The lowest BCUT2D eigenvalue weighted by molar-refractivity contribution is -0.0494. The zero-order valence-electron chi connectivity index (χ0n) is 20.6. The van der Waals surface area contributed by atoms with Crippen molar-refractivity contribution >= 4 is 23.1 Å². The Balaban J connectivity index is 1.44. The Bertz CT molecular complexity index is 1650. The molecule has 5 aromatic rings. The molecule has 2 aromatic carbocycles. The molecule has 0 aliphatic rings. The second-order valence-corrected chi connectivity index (χ2v) is 8.41. The lowest BCUT2D eigenvalue weighted by Gasteiger charge is -2.14. The molecule has 0 atom stereocenters. The minimum atomic E-state index is -3.10. The van der Waals surface area contributed by atoms with E-state index in [0.29, 0.717) is 17.0 Å². The van der Waals surface area contributed by atoms with Gasteiger partial charge in [0.15, 0.2) is 5.65 Å². The van der Waals surface area contributed by atoms with Gasteiger partial charge in [0.2, 0.25) is 0 Å². The number of hydrogen-bond acceptors (Lipinski definition) is 7. The minimum absolute atomic E-state index is 0.140. The molecule has 11 nitrogen and oxygen atoms in total. The molecule has 0 aliphatic carbocycles. The minimum Gasteiger partial charge on any atom is -0.457 e. The van der Waals surface area contributed by atoms with E-state index in [9.17, 15) is 18.4 Å². The summed E-state index contributed by atoms with van der Waals surface area (Å²) in [4.78, 5) is 30.8. The summed E-state index contributed by atoms with van der Waals surface area (Å²) in [5.74, 6) is -0.169. The molecule has 198 valence electrons. The summed E-state index contributed by atoms with van der Waals surface area (Å²) >= 11 is 0. The maximum Gasteiger partial charge on any atom is 0.387 e. The predicted molar refractivity (Wildman–Crippen MR) is 136 cm³/mol. The van der Waals surface area contributed by atoms with Gasteiger partial charge in [-0.2, -0.15) is 19.0 Å². The SMILES string of the molecule is CN(C)C(=O)c1ccc(Oc2ccc(OC(F)F)c(-c3n[nH]cc3NC(=O)c3cnn4cccnc34)c2)cc1. The number of aromatic nitrogens is 5. The predicted octanol–water partition coefficient (Wildman–Crippen LogP) is 4.47. The molecule has 3 aromatic heterocycles. The Hall–Kier alpha value is -5.33. The van der Waals surface area contributed by atoms with E-state index < -0.39 is 12.5 Å². The first-order valence-electron chi connectivity index (χ1n) is 11.5. The van der Waals surface area contributed by atoms with Crippen LogP contribution in [0.2, 0.25) is 0 Å². The summed E-state index contributed by atoms with van der Waals surface area (Å²) in [7, 11) is 3.30. The van der Waals surface area contributed by atoms with Gasteiger partial charge in [-0.1, -0.05) is 0 Å². The highest BCUT2D eigenvalue weighted by Crippen LogP contribution is 2.38. The van der Waals surface area contributed by atoms with Crippen molar-refractivity contribution in [3.05, 3.63) is 84.4 Å². The second kappa shape index (κ2) is 10.6. The number of H-pyrrole nitrogens is 1. The Kier molecular flexibility index (Phi) is 6.87. The number of alkyl halides is 2. The fraction of sp³-hybridized carbons (Fsp3) is 0.115. The summed E-state index contributed by atoms with van der Waals surface area (Å²) in [6.07, 6.45) is 5.96. The number of nitrogens with zero attached hydrogens (tertiary/aromatic N) is 5. The van der Waals surface area contributed by atoms with Gasteiger partial charge in [0.25, 0.3) is 11.8 Å². The molecule has 39 heavy (non-hydrogen) atoms. The lowest BCUT2D eigenvalue weighted by Crippen LogP contribution is -2.21. The summed E-state index contributed by atoms with van der Waals surface area (Å²) < 4.78 is 38.4. The number of ether oxygens (including phenoxy) is 2. The normalized spacial score (nSPS) is 11.0. The fourth-order valence-electron chi connectivity index (χ4n) is 3.78. The average molecular weight is 533 g/mol. The van der Waals surface area contributed by atoms with Crippen molar-refractivity contribution in [1.29, 1.82) is 0 Å². The highest BCUT2D eigenvalue weighted by molar-refractivity contribution is 6.09. The second-order valence-electron chi connectivity index (χ2n) is 8.41. The van der Waals surface area contributed by atoms with Crippen LogP contribution in [0.15, 0.2) is 73.3 Å². The molecule has 3 heterocycles. The Morgan fingerprint density at radius 2 is 1.87 bits per heavy atom. The monoisotopic (exact) mass is 533 g/mol. The number of hydrogen-bond donors (Lipinski definition) is 2. The van der Waals surface area contributed by atoms with Gasteiger partial charge in [-0.05, 0) is 48.5 Å². The van der Waals surface area contributed by atoms with Crippen LogP contribution in [0.25, 0.3) is 16.9 Å².